The summed E-state index contributed by atoms with van der Waals surface area (Å²) in [6, 6.07) is 0.774. The van der Waals surface area contributed by atoms with Crippen LogP contribution in [-0.4, -0.2) is 48.6 Å². The topological polar surface area (TPSA) is 15.3 Å². The van der Waals surface area contributed by atoms with Gasteiger partial charge in [-0.2, -0.15) is 11.8 Å². The van der Waals surface area contributed by atoms with E-state index in [1.165, 1.54) is 44.1 Å². The molecule has 1 saturated heterocycles. The van der Waals surface area contributed by atoms with E-state index in [1.54, 1.807) is 0 Å². The molecule has 1 heterocycles. The molecule has 0 radical (unpaired) electrons. The standard InChI is InChI=1S/C12H26N2S/c1-4-15-8-7-14-6-5-13-10-12(14)9-11(2)3/h11-13H,4-10H2,1-3H3. The summed E-state index contributed by atoms with van der Waals surface area (Å²) in [5.41, 5.74) is 0. The number of nitrogens with zero attached hydrogens (tertiary/aromatic N) is 1. The van der Waals surface area contributed by atoms with Gasteiger partial charge < -0.3 is 5.32 Å². The first kappa shape index (κ1) is 13.3. The average Bonchev–Trinajstić information content (AvgIpc) is 2.20. The Balaban J connectivity index is 2.29. The van der Waals surface area contributed by atoms with Gasteiger partial charge in [-0.05, 0) is 18.1 Å². The van der Waals surface area contributed by atoms with Gasteiger partial charge in [-0.1, -0.05) is 20.8 Å². The Morgan fingerprint density at radius 3 is 2.93 bits per heavy atom. The van der Waals surface area contributed by atoms with Crippen molar-refractivity contribution < 1.29 is 0 Å². The van der Waals surface area contributed by atoms with E-state index in [2.05, 4.69) is 42.7 Å². The van der Waals surface area contributed by atoms with Crippen LogP contribution in [0.25, 0.3) is 0 Å². The SMILES string of the molecule is CCSCCN1CCNCC1CC(C)C. The molecule has 0 bridgehead atoms. The fourth-order valence-corrected chi connectivity index (χ4v) is 2.85. The van der Waals surface area contributed by atoms with Crippen LogP contribution >= 0.6 is 11.8 Å². The van der Waals surface area contributed by atoms with Crippen LogP contribution in [0.1, 0.15) is 27.2 Å². The highest BCUT2D eigenvalue weighted by atomic mass is 32.2. The summed E-state index contributed by atoms with van der Waals surface area (Å²) in [6.07, 6.45) is 1.34. The molecule has 1 aliphatic rings. The zero-order valence-corrected chi connectivity index (χ0v) is 11.3. The highest BCUT2D eigenvalue weighted by molar-refractivity contribution is 7.99. The first-order valence-corrected chi connectivity index (χ1v) is 7.42. The van der Waals surface area contributed by atoms with E-state index in [-0.39, 0.29) is 0 Å². The van der Waals surface area contributed by atoms with E-state index in [0.29, 0.717) is 0 Å². The second kappa shape index (κ2) is 7.53. The molecule has 1 fully saturated rings. The highest BCUT2D eigenvalue weighted by Gasteiger charge is 2.21. The molecule has 1 aliphatic heterocycles. The van der Waals surface area contributed by atoms with E-state index in [9.17, 15) is 0 Å². The second-order valence-electron chi connectivity index (χ2n) is 4.72. The van der Waals surface area contributed by atoms with E-state index in [1.807, 2.05) is 0 Å². The molecular weight excluding hydrogens is 204 g/mol. The Morgan fingerprint density at radius 1 is 1.47 bits per heavy atom. The normalized spacial score (nSPS) is 23.6. The second-order valence-corrected chi connectivity index (χ2v) is 6.11. The lowest BCUT2D eigenvalue weighted by Gasteiger charge is -2.37. The largest absolute Gasteiger partial charge is 0.314 e. The lowest BCUT2D eigenvalue weighted by molar-refractivity contribution is 0.151. The molecule has 0 spiro atoms. The van der Waals surface area contributed by atoms with Crippen LogP contribution in [0.15, 0.2) is 0 Å². The molecule has 0 saturated carbocycles. The molecule has 0 amide bonds. The van der Waals surface area contributed by atoms with Gasteiger partial charge in [-0.25, -0.2) is 0 Å². The minimum Gasteiger partial charge on any atom is -0.314 e. The van der Waals surface area contributed by atoms with E-state index in [0.717, 1.165) is 12.0 Å². The fourth-order valence-electron chi connectivity index (χ4n) is 2.20. The van der Waals surface area contributed by atoms with E-state index in [4.69, 9.17) is 0 Å². The van der Waals surface area contributed by atoms with Crippen molar-refractivity contribution in [1.29, 1.82) is 0 Å². The number of nitrogens with one attached hydrogen (secondary N) is 1. The first-order chi connectivity index (χ1) is 7.24. The van der Waals surface area contributed by atoms with Crippen molar-refractivity contribution in [3.8, 4) is 0 Å². The van der Waals surface area contributed by atoms with Gasteiger partial charge in [0.15, 0.2) is 0 Å². The Bertz CT molecular complexity index is 162. The highest BCUT2D eigenvalue weighted by Crippen LogP contribution is 2.14. The predicted molar refractivity (Wildman–Crippen MR) is 70.7 cm³/mol. The molecule has 0 aromatic rings. The molecule has 0 aliphatic carbocycles. The molecule has 0 aromatic carbocycles. The maximum Gasteiger partial charge on any atom is 0.0223 e. The van der Waals surface area contributed by atoms with Crippen LogP contribution in [0.4, 0.5) is 0 Å². The lowest BCUT2D eigenvalue weighted by Crippen LogP contribution is -2.52. The van der Waals surface area contributed by atoms with Crippen molar-refractivity contribution in [2.24, 2.45) is 5.92 Å². The van der Waals surface area contributed by atoms with E-state index >= 15 is 0 Å². The molecule has 1 N–H and O–H groups in total. The van der Waals surface area contributed by atoms with Gasteiger partial charge in [-0.15, -0.1) is 0 Å². The molecule has 3 heteroatoms. The summed E-state index contributed by atoms with van der Waals surface area (Å²) in [7, 11) is 0. The lowest BCUT2D eigenvalue weighted by atomic mass is 10.0. The van der Waals surface area contributed by atoms with Crippen LogP contribution in [0.5, 0.6) is 0 Å². The maximum absolute atomic E-state index is 3.51. The minimum absolute atomic E-state index is 0.774. The summed E-state index contributed by atoms with van der Waals surface area (Å²) < 4.78 is 0. The van der Waals surface area contributed by atoms with Crippen LogP contribution in [0.3, 0.4) is 0 Å². The number of rotatable bonds is 6. The number of hydrogen-bond acceptors (Lipinski definition) is 3. The summed E-state index contributed by atoms with van der Waals surface area (Å²) in [5, 5.41) is 3.51. The van der Waals surface area contributed by atoms with Gasteiger partial charge in [0.25, 0.3) is 0 Å². The Hall–Kier alpha value is 0.270. The van der Waals surface area contributed by atoms with Gasteiger partial charge in [-0.3, -0.25) is 4.90 Å². The Kier molecular flexibility index (Phi) is 6.69. The zero-order valence-electron chi connectivity index (χ0n) is 10.5. The van der Waals surface area contributed by atoms with Gasteiger partial charge in [0, 0.05) is 38.0 Å². The average molecular weight is 230 g/mol. The van der Waals surface area contributed by atoms with Gasteiger partial charge in [0.05, 0.1) is 0 Å². The summed E-state index contributed by atoms with van der Waals surface area (Å²) >= 11 is 2.06. The first-order valence-electron chi connectivity index (χ1n) is 6.26. The Labute approximate surface area is 99.2 Å². The third-order valence-corrected chi connectivity index (χ3v) is 3.82. The molecule has 2 nitrogen and oxygen atoms in total. The molecule has 0 aromatic heterocycles. The summed E-state index contributed by atoms with van der Waals surface area (Å²) in [4.78, 5) is 2.68. The predicted octanol–water partition coefficient (Wildman–Crippen LogP) is 2.06. The van der Waals surface area contributed by atoms with Crippen LogP contribution in [-0.2, 0) is 0 Å². The van der Waals surface area contributed by atoms with Crippen molar-refractivity contribution in [1.82, 2.24) is 10.2 Å². The molecule has 90 valence electrons. The molecule has 1 atom stereocenters. The van der Waals surface area contributed by atoms with Crippen LogP contribution in [0, 0.1) is 5.92 Å². The van der Waals surface area contributed by atoms with Crippen molar-refractivity contribution in [2.45, 2.75) is 33.2 Å². The summed E-state index contributed by atoms with van der Waals surface area (Å²) in [6.45, 7) is 11.8. The molecule has 15 heavy (non-hydrogen) atoms. The molecular formula is C12H26N2S. The van der Waals surface area contributed by atoms with Crippen molar-refractivity contribution in [3.63, 3.8) is 0 Å². The smallest absolute Gasteiger partial charge is 0.0223 e. The number of piperazine rings is 1. The van der Waals surface area contributed by atoms with Gasteiger partial charge in [0.1, 0.15) is 0 Å². The monoisotopic (exact) mass is 230 g/mol. The van der Waals surface area contributed by atoms with Crippen molar-refractivity contribution >= 4 is 11.8 Å². The van der Waals surface area contributed by atoms with Crippen LogP contribution in [0.2, 0.25) is 0 Å². The van der Waals surface area contributed by atoms with Crippen molar-refractivity contribution in [2.75, 3.05) is 37.7 Å². The number of thioether (sulfide) groups is 1. The molecule has 1 unspecified atom stereocenters. The third kappa shape index (κ3) is 5.23. The summed E-state index contributed by atoms with van der Waals surface area (Å²) in [5.74, 6) is 3.36. The number of hydrogen-bond donors (Lipinski definition) is 1. The third-order valence-electron chi connectivity index (χ3n) is 2.94. The van der Waals surface area contributed by atoms with Crippen LogP contribution < -0.4 is 5.32 Å². The quantitative estimate of drug-likeness (QED) is 0.703. The van der Waals surface area contributed by atoms with Crippen molar-refractivity contribution in [3.05, 3.63) is 0 Å². The van der Waals surface area contributed by atoms with Gasteiger partial charge in [0.2, 0.25) is 0 Å². The maximum atomic E-state index is 3.51. The fraction of sp³-hybridized carbons (Fsp3) is 1.00. The Morgan fingerprint density at radius 2 is 2.27 bits per heavy atom. The molecule has 1 rings (SSSR count). The minimum atomic E-state index is 0.774. The van der Waals surface area contributed by atoms with Gasteiger partial charge >= 0.3 is 0 Å². The zero-order chi connectivity index (χ0) is 11.1. The van der Waals surface area contributed by atoms with E-state index < -0.39 is 0 Å².